The van der Waals surface area contributed by atoms with Crippen molar-refractivity contribution in [1.29, 1.82) is 0 Å². The van der Waals surface area contributed by atoms with Gasteiger partial charge in [-0.05, 0) is 50.8 Å². The summed E-state index contributed by atoms with van der Waals surface area (Å²) >= 11 is 0. The van der Waals surface area contributed by atoms with Gasteiger partial charge in [-0.2, -0.15) is 5.10 Å². The Morgan fingerprint density at radius 3 is 2.29 bits per heavy atom. The molecule has 3 rings (SSSR count). The molecule has 5 nitrogen and oxygen atoms in total. The monoisotopic (exact) mass is 327 g/mol. The van der Waals surface area contributed by atoms with Gasteiger partial charge in [0.15, 0.2) is 5.82 Å². The van der Waals surface area contributed by atoms with E-state index in [1.165, 1.54) is 5.56 Å². The third-order valence-electron chi connectivity index (χ3n) is 4.97. The molecule has 0 aromatic carbocycles. The zero-order valence-electron chi connectivity index (χ0n) is 15.6. The summed E-state index contributed by atoms with van der Waals surface area (Å²) in [6, 6.07) is 4.11. The van der Waals surface area contributed by atoms with Gasteiger partial charge in [-0.1, -0.05) is 20.8 Å². The maximum Gasteiger partial charge on any atom is 0.498 e. The third-order valence-corrected chi connectivity index (χ3v) is 4.97. The molecule has 2 aromatic heterocycles. The first-order valence-electron chi connectivity index (χ1n) is 8.37. The summed E-state index contributed by atoms with van der Waals surface area (Å²) < 4.78 is 13.9. The molecule has 24 heavy (non-hydrogen) atoms. The second-order valence-electron chi connectivity index (χ2n) is 8.46. The lowest BCUT2D eigenvalue weighted by molar-refractivity contribution is 0.00578. The Kier molecular flexibility index (Phi) is 3.88. The lowest BCUT2D eigenvalue weighted by atomic mass is 9.82. The number of hydrogen-bond acceptors (Lipinski definition) is 4. The minimum absolute atomic E-state index is 0.0688. The average molecular weight is 327 g/mol. The molecule has 0 N–H and O–H groups in total. The van der Waals surface area contributed by atoms with E-state index < -0.39 is 7.12 Å². The van der Waals surface area contributed by atoms with Crippen molar-refractivity contribution in [2.75, 3.05) is 0 Å². The summed E-state index contributed by atoms with van der Waals surface area (Å²) in [7, 11) is -0.408. The van der Waals surface area contributed by atoms with E-state index in [9.17, 15) is 0 Å². The van der Waals surface area contributed by atoms with Crippen molar-refractivity contribution >= 4 is 12.6 Å². The van der Waals surface area contributed by atoms with E-state index in [2.05, 4.69) is 36.9 Å². The quantitative estimate of drug-likeness (QED) is 0.796. The van der Waals surface area contributed by atoms with Gasteiger partial charge in [0.1, 0.15) is 0 Å². The van der Waals surface area contributed by atoms with Gasteiger partial charge >= 0.3 is 7.12 Å². The molecule has 1 aliphatic heterocycles. The molecular formula is C18H26BN3O2. The Labute approximate surface area is 144 Å². The average Bonchev–Trinajstić information content (AvgIpc) is 3.02. The van der Waals surface area contributed by atoms with Crippen LogP contribution < -0.4 is 5.46 Å². The molecule has 0 spiro atoms. The van der Waals surface area contributed by atoms with Gasteiger partial charge in [0.25, 0.3) is 0 Å². The number of nitrogens with zero attached hydrogens (tertiary/aromatic N) is 3. The molecule has 1 aliphatic rings. The molecule has 0 saturated carbocycles. The first-order valence-corrected chi connectivity index (χ1v) is 8.37. The Bertz CT molecular complexity index is 731. The highest BCUT2D eigenvalue weighted by Crippen LogP contribution is 2.36. The standard InChI is InChI=1S/C18H26BN3O2/c1-16(2,3)13-8-9-20-15(10-13)22-12-14(11-21-22)19-23-17(4,5)18(6,7)24-19/h8-12H,1-7H3. The van der Waals surface area contributed by atoms with E-state index in [0.29, 0.717) is 0 Å². The van der Waals surface area contributed by atoms with Crippen molar-refractivity contribution in [3.05, 3.63) is 36.3 Å². The van der Waals surface area contributed by atoms with Crippen LogP contribution in [0.5, 0.6) is 0 Å². The van der Waals surface area contributed by atoms with E-state index in [4.69, 9.17) is 9.31 Å². The van der Waals surface area contributed by atoms with E-state index >= 15 is 0 Å². The molecule has 6 heteroatoms. The summed E-state index contributed by atoms with van der Waals surface area (Å²) in [6.45, 7) is 14.7. The molecule has 3 heterocycles. The van der Waals surface area contributed by atoms with Gasteiger partial charge in [-0.25, -0.2) is 9.67 Å². The van der Waals surface area contributed by atoms with Crippen LogP contribution in [0, 0.1) is 0 Å². The highest BCUT2D eigenvalue weighted by Gasteiger charge is 2.52. The SMILES string of the molecule is CC(C)(C)c1ccnc(-n2cc(B3OC(C)(C)C(C)(C)O3)cn2)c1. The van der Waals surface area contributed by atoms with Crippen LogP contribution in [-0.2, 0) is 14.7 Å². The van der Waals surface area contributed by atoms with Crippen LogP contribution in [0.3, 0.4) is 0 Å². The summed E-state index contributed by atoms with van der Waals surface area (Å²) in [5.74, 6) is 0.796. The van der Waals surface area contributed by atoms with E-state index in [1.807, 2.05) is 46.2 Å². The molecule has 1 saturated heterocycles. The Morgan fingerprint density at radius 1 is 1.08 bits per heavy atom. The molecule has 0 aliphatic carbocycles. The predicted molar refractivity (Wildman–Crippen MR) is 95.8 cm³/mol. The normalized spacial score (nSPS) is 19.7. The van der Waals surface area contributed by atoms with Crippen LogP contribution in [-0.4, -0.2) is 33.1 Å². The lowest BCUT2D eigenvalue weighted by Gasteiger charge is -2.32. The minimum Gasteiger partial charge on any atom is -0.399 e. The maximum absolute atomic E-state index is 6.08. The summed E-state index contributed by atoms with van der Waals surface area (Å²) in [6.07, 6.45) is 5.54. The van der Waals surface area contributed by atoms with E-state index in [1.54, 1.807) is 10.9 Å². The molecule has 2 aromatic rings. The van der Waals surface area contributed by atoms with Gasteiger partial charge in [0.05, 0.1) is 11.2 Å². The predicted octanol–water partition coefficient (Wildman–Crippen LogP) is 2.86. The molecule has 0 bridgehead atoms. The van der Waals surface area contributed by atoms with Crippen LogP contribution in [0.4, 0.5) is 0 Å². The number of hydrogen-bond donors (Lipinski definition) is 0. The van der Waals surface area contributed by atoms with Crippen LogP contribution in [0.25, 0.3) is 5.82 Å². The topological polar surface area (TPSA) is 49.2 Å². The van der Waals surface area contributed by atoms with E-state index in [-0.39, 0.29) is 16.6 Å². The Hall–Kier alpha value is -1.66. The third kappa shape index (κ3) is 3.00. The molecule has 0 atom stereocenters. The van der Waals surface area contributed by atoms with Crippen molar-refractivity contribution < 1.29 is 9.31 Å². The molecule has 0 amide bonds. The molecule has 128 valence electrons. The van der Waals surface area contributed by atoms with Crippen molar-refractivity contribution in [3.8, 4) is 5.82 Å². The van der Waals surface area contributed by atoms with Crippen LogP contribution in [0.2, 0.25) is 0 Å². The second kappa shape index (κ2) is 5.43. The fraction of sp³-hybridized carbons (Fsp3) is 0.556. The summed E-state index contributed by atoms with van der Waals surface area (Å²) in [5.41, 5.74) is 1.48. The second-order valence-corrected chi connectivity index (χ2v) is 8.46. The smallest absolute Gasteiger partial charge is 0.399 e. The first kappa shape index (κ1) is 17.2. The van der Waals surface area contributed by atoms with Gasteiger partial charge in [-0.3, -0.25) is 0 Å². The zero-order valence-corrected chi connectivity index (χ0v) is 15.6. The van der Waals surface area contributed by atoms with E-state index in [0.717, 1.165) is 11.3 Å². The van der Waals surface area contributed by atoms with Crippen LogP contribution in [0.1, 0.15) is 54.0 Å². The molecule has 0 radical (unpaired) electrons. The number of aromatic nitrogens is 3. The Balaban J connectivity index is 1.87. The van der Waals surface area contributed by atoms with Gasteiger partial charge in [0.2, 0.25) is 0 Å². The van der Waals surface area contributed by atoms with Crippen molar-refractivity contribution in [1.82, 2.24) is 14.8 Å². The molecule has 1 fully saturated rings. The highest BCUT2D eigenvalue weighted by atomic mass is 16.7. The van der Waals surface area contributed by atoms with Crippen molar-refractivity contribution in [2.24, 2.45) is 0 Å². The van der Waals surface area contributed by atoms with Crippen LogP contribution in [0.15, 0.2) is 30.7 Å². The fourth-order valence-corrected chi connectivity index (χ4v) is 2.57. The Morgan fingerprint density at radius 2 is 1.71 bits per heavy atom. The fourth-order valence-electron chi connectivity index (χ4n) is 2.57. The number of rotatable bonds is 2. The van der Waals surface area contributed by atoms with Gasteiger partial charge < -0.3 is 9.31 Å². The summed E-state index contributed by atoms with van der Waals surface area (Å²) in [5, 5.41) is 4.44. The lowest BCUT2D eigenvalue weighted by Crippen LogP contribution is -2.41. The molecule has 0 unspecified atom stereocenters. The highest BCUT2D eigenvalue weighted by molar-refractivity contribution is 6.62. The van der Waals surface area contributed by atoms with Gasteiger partial charge in [-0.15, -0.1) is 0 Å². The zero-order chi connectivity index (χ0) is 17.8. The maximum atomic E-state index is 6.08. The molecular weight excluding hydrogens is 301 g/mol. The van der Waals surface area contributed by atoms with Crippen molar-refractivity contribution in [3.63, 3.8) is 0 Å². The van der Waals surface area contributed by atoms with Gasteiger partial charge in [0, 0.05) is 24.1 Å². The largest absolute Gasteiger partial charge is 0.498 e. The van der Waals surface area contributed by atoms with Crippen LogP contribution >= 0.6 is 0 Å². The first-order chi connectivity index (χ1) is 11.0. The van der Waals surface area contributed by atoms with Crippen molar-refractivity contribution in [2.45, 2.75) is 65.1 Å². The summed E-state index contributed by atoms with van der Waals surface area (Å²) in [4.78, 5) is 4.44. The minimum atomic E-state index is -0.408. The number of pyridine rings is 1.